The second-order valence-electron chi connectivity index (χ2n) is 2.75. The summed E-state index contributed by atoms with van der Waals surface area (Å²) in [6.45, 7) is -1.07. The van der Waals surface area contributed by atoms with Gasteiger partial charge < -0.3 is 25.5 Å². The van der Waals surface area contributed by atoms with E-state index in [1.54, 1.807) is 0 Å². The van der Waals surface area contributed by atoms with Crippen molar-refractivity contribution in [1.82, 2.24) is 0 Å². The number of hydrogen-bond acceptors (Lipinski definition) is 7. The Bertz CT molecular complexity index is 142. The van der Waals surface area contributed by atoms with E-state index in [4.69, 9.17) is 20.4 Å². The maximum atomic E-state index is 9.21. The van der Waals surface area contributed by atoms with Crippen LogP contribution in [-0.2, 0) is 9.78 Å². The fourth-order valence-corrected chi connectivity index (χ4v) is 0.800. The smallest absolute Gasteiger partial charge is 0.111 e. The Hall–Kier alpha value is -0.280. The first-order chi connectivity index (χ1) is 6.54. The zero-order chi connectivity index (χ0) is 11.1. The lowest BCUT2D eigenvalue weighted by Crippen LogP contribution is -2.47. The van der Waals surface area contributed by atoms with Crippen LogP contribution in [0.5, 0.6) is 0 Å². The first-order valence-corrected chi connectivity index (χ1v) is 4.03. The second-order valence-corrected chi connectivity index (χ2v) is 2.75. The van der Waals surface area contributed by atoms with Gasteiger partial charge in [0.05, 0.1) is 13.7 Å². The van der Waals surface area contributed by atoms with Crippen molar-refractivity contribution in [3.05, 3.63) is 0 Å². The van der Waals surface area contributed by atoms with Crippen LogP contribution >= 0.6 is 0 Å². The lowest BCUT2D eigenvalue weighted by molar-refractivity contribution is -0.292. The van der Waals surface area contributed by atoms with E-state index >= 15 is 0 Å². The van der Waals surface area contributed by atoms with Crippen molar-refractivity contribution in [2.75, 3.05) is 20.3 Å². The average Bonchev–Trinajstić information content (AvgIpc) is 2.22. The van der Waals surface area contributed by atoms with Crippen LogP contribution in [0.15, 0.2) is 0 Å². The summed E-state index contributed by atoms with van der Waals surface area (Å²) in [5.74, 6) is 0. The molecule has 0 aromatic rings. The van der Waals surface area contributed by atoms with Crippen LogP contribution in [0.4, 0.5) is 0 Å². The molecule has 0 fully saturated rings. The summed E-state index contributed by atoms with van der Waals surface area (Å²) in [5, 5.41) is 44.9. The van der Waals surface area contributed by atoms with Gasteiger partial charge in [0.25, 0.3) is 0 Å². The molecule has 0 amide bonds. The number of rotatable bonds is 7. The summed E-state index contributed by atoms with van der Waals surface area (Å²) in [6.07, 6.45) is -6.18. The van der Waals surface area contributed by atoms with Crippen LogP contribution in [0.25, 0.3) is 0 Å². The highest BCUT2D eigenvalue weighted by Crippen LogP contribution is 2.05. The predicted molar refractivity (Wildman–Crippen MR) is 44.1 cm³/mol. The van der Waals surface area contributed by atoms with Crippen molar-refractivity contribution < 1.29 is 35.3 Å². The fourth-order valence-electron chi connectivity index (χ4n) is 0.800. The second kappa shape index (κ2) is 7.07. The van der Waals surface area contributed by atoms with E-state index < -0.39 is 31.0 Å². The quantitative estimate of drug-likeness (QED) is 0.225. The third-order valence-corrected chi connectivity index (χ3v) is 1.68. The van der Waals surface area contributed by atoms with Crippen LogP contribution in [-0.4, -0.2) is 70.3 Å². The van der Waals surface area contributed by atoms with Crippen molar-refractivity contribution in [1.29, 1.82) is 0 Å². The van der Waals surface area contributed by atoms with Crippen LogP contribution in [0.3, 0.4) is 0 Å². The minimum absolute atomic E-state index is 0.354. The third-order valence-electron chi connectivity index (χ3n) is 1.68. The molecule has 0 saturated heterocycles. The topological polar surface area (TPSA) is 120 Å². The lowest BCUT2D eigenvalue weighted by atomic mass is 10.0. The van der Waals surface area contributed by atoms with Crippen molar-refractivity contribution in [2.45, 2.75) is 24.4 Å². The summed E-state index contributed by atoms with van der Waals surface area (Å²) in [7, 11) is 1.22. The maximum Gasteiger partial charge on any atom is 0.111 e. The molecule has 0 spiro atoms. The molecule has 0 saturated carbocycles. The highest BCUT2D eigenvalue weighted by Gasteiger charge is 2.30. The Morgan fingerprint density at radius 1 is 1.00 bits per heavy atom. The molecule has 4 atom stereocenters. The maximum absolute atomic E-state index is 9.21. The van der Waals surface area contributed by atoms with Gasteiger partial charge in [-0.25, -0.2) is 9.78 Å². The molecule has 7 nitrogen and oxygen atoms in total. The summed E-state index contributed by atoms with van der Waals surface area (Å²) in [4.78, 5) is 8.48. The Morgan fingerprint density at radius 3 is 1.93 bits per heavy atom. The minimum atomic E-state index is -1.64. The third kappa shape index (κ3) is 4.29. The van der Waals surface area contributed by atoms with Gasteiger partial charge in [-0.15, -0.1) is 0 Å². The minimum Gasteiger partial charge on any atom is -0.394 e. The average molecular weight is 212 g/mol. The lowest BCUT2D eigenvalue weighted by Gasteiger charge is -2.24. The molecule has 0 bridgehead atoms. The van der Waals surface area contributed by atoms with Crippen molar-refractivity contribution in [3.63, 3.8) is 0 Å². The molecule has 0 aromatic carbocycles. The van der Waals surface area contributed by atoms with Gasteiger partial charge in [-0.2, -0.15) is 0 Å². The normalized spacial score (nSPS) is 20.1. The molecule has 0 heterocycles. The van der Waals surface area contributed by atoms with Gasteiger partial charge >= 0.3 is 0 Å². The first kappa shape index (κ1) is 13.7. The summed E-state index contributed by atoms with van der Waals surface area (Å²) < 4.78 is 0. The Morgan fingerprint density at radius 2 is 1.50 bits per heavy atom. The van der Waals surface area contributed by atoms with E-state index in [9.17, 15) is 5.11 Å². The van der Waals surface area contributed by atoms with Gasteiger partial charge in [0.2, 0.25) is 0 Å². The van der Waals surface area contributed by atoms with Crippen LogP contribution in [0.2, 0.25) is 0 Å². The molecule has 0 radical (unpaired) electrons. The molecule has 0 unspecified atom stereocenters. The molecule has 0 aliphatic heterocycles. The van der Waals surface area contributed by atoms with Gasteiger partial charge in [0.15, 0.2) is 0 Å². The highest BCUT2D eigenvalue weighted by atomic mass is 17.2. The molecular weight excluding hydrogens is 196 g/mol. The fraction of sp³-hybridized carbons (Fsp3) is 1.00. The molecule has 7 heteroatoms. The van der Waals surface area contributed by atoms with Gasteiger partial charge in [-0.05, 0) is 0 Å². The summed E-state index contributed by atoms with van der Waals surface area (Å²) in [6, 6.07) is 0. The van der Waals surface area contributed by atoms with Gasteiger partial charge in [0.1, 0.15) is 31.0 Å². The standard InChI is InChI=1S/C7H16O7/c1-13-14-3-5(10)7(12)6(11)4(9)2-8/h4-12H,2-3H2,1H3/t4-,5+,6-,7-/m1/s1. The van der Waals surface area contributed by atoms with E-state index in [0.29, 0.717) is 0 Å². The first-order valence-electron chi connectivity index (χ1n) is 4.03. The molecule has 0 rings (SSSR count). The molecule has 86 valence electrons. The van der Waals surface area contributed by atoms with Crippen molar-refractivity contribution >= 4 is 0 Å². The zero-order valence-corrected chi connectivity index (χ0v) is 7.78. The predicted octanol–water partition coefficient (Wildman–Crippen LogP) is -3.00. The Kier molecular flexibility index (Phi) is 6.93. The van der Waals surface area contributed by atoms with Crippen molar-refractivity contribution in [3.8, 4) is 0 Å². The van der Waals surface area contributed by atoms with E-state index in [2.05, 4.69) is 9.78 Å². The zero-order valence-electron chi connectivity index (χ0n) is 7.78. The van der Waals surface area contributed by atoms with Gasteiger partial charge in [0, 0.05) is 0 Å². The van der Waals surface area contributed by atoms with E-state index in [1.165, 1.54) is 7.11 Å². The van der Waals surface area contributed by atoms with E-state index in [1.807, 2.05) is 0 Å². The molecule has 14 heavy (non-hydrogen) atoms. The molecule has 5 N–H and O–H groups in total. The van der Waals surface area contributed by atoms with Crippen LogP contribution in [0.1, 0.15) is 0 Å². The summed E-state index contributed by atoms with van der Waals surface area (Å²) >= 11 is 0. The van der Waals surface area contributed by atoms with E-state index in [-0.39, 0.29) is 6.61 Å². The number of aliphatic hydroxyl groups is 5. The van der Waals surface area contributed by atoms with Crippen molar-refractivity contribution in [2.24, 2.45) is 0 Å². The molecule has 0 aliphatic carbocycles. The Balaban J connectivity index is 3.95. The molecule has 0 aromatic heterocycles. The highest BCUT2D eigenvalue weighted by molar-refractivity contribution is 4.80. The monoisotopic (exact) mass is 212 g/mol. The SMILES string of the molecule is COOC[C@H](O)[C@@H](O)[C@H](O)[C@H](O)CO. The number of hydrogen-bond donors (Lipinski definition) is 5. The van der Waals surface area contributed by atoms with Gasteiger partial charge in [-0.3, -0.25) is 0 Å². The molecular formula is C7H16O7. The Labute approximate surface area is 81.1 Å². The largest absolute Gasteiger partial charge is 0.394 e. The summed E-state index contributed by atoms with van der Waals surface area (Å²) in [5.41, 5.74) is 0. The molecule has 0 aliphatic rings. The van der Waals surface area contributed by atoms with Crippen LogP contribution in [0, 0.1) is 0 Å². The van der Waals surface area contributed by atoms with E-state index in [0.717, 1.165) is 0 Å². The number of aliphatic hydroxyl groups excluding tert-OH is 5. The van der Waals surface area contributed by atoms with Gasteiger partial charge in [-0.1, -0.05) is 0 Å². The van der Waals surface area contributed by atoms with Crippen LogP contribution < -0.4 is 0 Å².